The van der Waals surface area contributed by atoms with Gasteiger partial charge in [0.1, 0.15) is 5.52 Å². The maximum atomic E-state index is 5.94. The molecule has 1 unspecified atom stereocenters. The second-order valence-electron chi connectivity index (χ2n) is 3.80. The van der Waals surface area contributed by atoms with Gasteiger partial charge in [-0.05, 0) is 27.9 Å². The zero-order valence-corrected chi connectivity index (χ0v) is 10.2. The number of nitrogens with two attached hydrogens (primary N) is 1. The van der Waals surface area contributed by atoms with Crippen molar-refractivity contribution < 1.29 is 4.42 Å². The Hall–Kier alpha value is -0.940. The second-order valence-corrected chi connectivity index (χ2v) is 4.72. The normalized spacial score (nSPS) is 13.7. The molecule has 1 atom stereocenters. The van der Waals surface area contributed by atoms with Crippen LogP contribution in [0.4, 0.5) is 0 Å². The van der Waals surface area contributed by atoms with Gasteiger partial charge in [0.05, 0.1) is 6.04 Å². The van der Waals surface area contributed by atoms with Crippen molar-refractivity contribution in [3.8, 4) is 0 Å². The van der Waals surface area contributed by atoms with Crippen LogP contribution in [0.3, 0.4) is 0 Å². The molecular formula is C10H12BrN3O. The summed E-state index contributed by atoms with van der Waals surface area (Å²) in [4.78, 5) is 8.42. The van der Waals surface area contributed by atoms with Crippen LogP contribution in [0.1, 0.15) is 25.8 Å². The molecule has 0 aliphatic heterocycles. The van der Waals surface area contributed by atoms with Crippen molar-refractivity contribution in [2.45, 2.75) is 19.9 Å². The molecule has 5 heteroatoms. The van der Waals surface area contributed by atoms with Crippen LogP contribution >= 0.6 is 15.9 Å². The zero-order chi connectivity index (χ0) is 11.0. The lowest BCUT2D eigenvalue weighted by atomic mass is 10.1. The van der Waals surface area contributed by atoms with Crippen LogP contribution in [0.2, 0.25) is 0 Å². The SMILES string of the molecule is CC(C)C(N)c1nc2cc(Br)cnc2o1. The molecule has 0 amide bonds. The first-order chi connectivity index (χ1) is 7.08. The van der Waals surface area contributed by atoms with Crippen LogP contribution in [0.15, 0.2) is 21.2 Å². The first kappa shape index (κ1) is 10.6. The average molecular weight is 270 g/mol. The minimum absolute atomic E-state index is 0.182. The molecular weight excluding hydrogens is 258 g/mol. The van der Waals surface area contributed by atoms with E-state index in [1.807, 2.05) is 19.9 Å². The molecule has 0 saturated heterocycles. The van der Waals surface area contributed by atoms with Crippen LogP contribution in [0, 0.1) is 5.92 Å². The summed E-state index contributed by atoms with van der Waals surface area (Å²) in [5, 5.41) is 0. The highest BCUT2D eigenvalue weighted by Crippen LogP contribution is 2.23. The Kier molecular flexibility index (Phi) is 2.75. The highest BCUT2D eigenvalue weighted by molar-refractivity contribution is 9.10. The van der Waals surface area contributed by atoms with E-state index in [0.717, 1.165) is 9.99 Å². The van der Waals surface area contributed by atoms with Crippen LogP contribution in [0.25, 0.3) is 11.2 Å². The summed E-state index contributed by atoms with van der Waals surface area (Å²) in [6.07, 6.45) is 1.68. The summed E-state index contributed by atoms with van der Waals surface area (Å²) < 4.78 is 6.36. The van der Waals surface area contributed by atoms with Crippen molar-refractivity contribution in [2.24, 2.45) is 11.7 Å². The Labute approximate surface area is 96.0 Å². The standard InChI is InChI=1S/C10H12BrN3O/c1-5(2)8(12)10-14-7-3-6(11)4-13-9(7)15-10/h3-5,8H,12H2,1-2H3. The maximum Gasteiger partial charge on any atom is 0.247 e. The Morgan fingerprint density at radius 1 is 1.47 bits per heavy atom. The van der Waals surface area contributed by atoms with E-state index < -0.39 is 0 Å². The number of fused-ring (bicyclic) bond motifs is 1. The van der Waals surface area contributed by atoms with Gasteiger partial charge in [-0.2, -0.15) is 0 Å². The third kappa shape index (κ3) is 2.03. The largest absolute Gasteiger partial charge is 0.421 e. The topological polar surface area (TPSA) is 64.9 Å². The molecule has 15 heavy (non-hydrogen) atoms. The lowest BCUT2D eigenvalue weighted by Crippen LogP contribution is -2.16. The number of halogens is 1. The second kappa shape index (κ2) is 3.90. The van der Waals surface area contributed by atoms with E-state index in [2.05, 4.69) is 25.9 Å². The fourth-order valence-electron chi connectivity index (χ4n) is 1.24. The van der Waals surface area contributed by atoms with Crippen molar-refractivity contribution in [3.63, 3.8) is 0 Å². The molecule has 2 aromatic rings. The Morgan fingerprint density at radius 2 is 2.20 bits per heavy atom. The number of aromatic nitrogens is 2. The van der Waals surface area contributed by atoms with Crippen LogP contribution in [-0.4, -0.2) is 9.97 Å². The van der Waals surface area contributed by atoms with Gasteiger partial charge in [0, 0.05) is 10.7 Å². The minimum Gasteiger partial charge on any atom is -0.421 e. The van der Waals surface area contributed by atoms with Crippen LogP contribution < -0.4 is 5.73 Å². The van der Waals surface area contributed by atoms with Gasteiger partial charge in [-0.1, -0.05) is 13.8 Å². The molecule has 0 bridgehead atoms. The number of hydrogen-bond donors (Lipinski definition) is 1. The van der Waals surface area contributed by atoms with E-state index in [4.69, 9.17) is 10.2 Å². The number of hydrogen-bond acceptors (Lipinski definition) is 4. The smallest absolute Gasteiger partial charge is 0.247 e. The highest BCUT2D eigenvalue weighted by atomic mass is 79.9. The molecule has 0 fully saturated rings. The summed E-state index contributed by atoms with van der Waals surface area (Å²) in [7, 11) is 0. The number of rotatable bonds is 2. The molecule has 80 valence electrons. The quantitative estimate of drug-likeness (QED) is 0.911. The Morgan fingerprint density at radius 3 is 2.87 bits per heavy atom. The third-order valence-corrected chi connectivity index (χ3v) is 2.67. The van der Waals surface area contributed by atoms with Gasteiger partial charge in [0.25, 0.3) is 0 Å². The molecule has 2 heterocycles. The molecule has 0 aliphatic rings. The van der Waals surface area contributed by atoms with Crippen molar-refractivity contribution in [2.75, 3.05) is 0 Å². The van der Waals surface area contributed by atoms with E-state index in [1.165, 1.54) is 0 Å². The summed E-state index contributed by atoms with van der Waals surface area (Å²) in [5.74, 6) is 0.840. The van der Waals surface area contributed by atoms with Crippen molar-refractivity contribution in [3.05, 3.63) is 22.6 Å². The summed E-state index contributed by atoms with van der Waals surface area (Å²) in [6, 6.07) is 1.68. The molecule has 0 spiro atoms. The molecule has 2 rings (SSSR count). The fourth-order valence-corrected chi connectivity index (χ4v) is 1.56. The maximum absolute atomic E-state index is 5.94. The Bertz CT molecular complexity index is 480. The molecule has 0 aliphatic carbocycles. The van der Waals surface area contributed by atoms with Gasteiger partial charge < -0.3 is 10.2 Å². The predicted molar refractivity (Wildman–Crippen MR) is 61.3 cm³/mol. The predicted octanol–water partition coefficient (Wildman–Crippen LogP) is 2.64. The molecule has 4 nitrogen and oxygen atoms in total. The first-order valence-electron chi connectivity index (χ1n) is 4.75. The van der Waals surface area contributed by atoms with Gasteiger partial charge in [0.15, 0.2) is 0 Å². The number of pyridine rings is 1. The van der Waals surface area contributed by atoms with E-state index in [9.17, 15) is 0 Å². The molecule has 2 aromatic heterocycles. The van der Waals surface area contributed by atoms with Gasteiger partial charge in [-0.3, -0.25) is 0 Å². The molecule has 0 radical (unpaired) electrons. The first-order valence-corrected chi connectivity index (χ1v) is 5.55. The lowest BCUT2D eigenvalue weighted by Gasteiger charge is -2.09. The number of nitrogens with zero attached hydrogens (tertiary/aromatic N) is 2. The van der Waals surface area contributed by atoms with Crippen molar-refractivity contribution in [1.29, 1.82) is 0 Å². The minimum atomic E-state index is -0.182. The third-order valence-electron chi connectivity index (χ3n) is 2.23. The fraction of sp³-hybridized carbons (Fsp3) is 0.400. The van der Waals surface area contributed by atoms with E-state index in [0.29, 0.717) is 17.5 Å². The summed E-state index contributed by atoms with van der Waals surface area (Å²) in [5.41, 5.74) is 7.21. The van der Waals surface area contributed by atoms with Gasteiger partial charge in [0.2, 0.25) is 11.6 Å². The molecule has 2 N–H and O–H groups in total. The Balaban J connectivity index is 2.47. The lowest BCUT2D eigenvalue weighted by molar-refractivity contribution is 0.400. The van der Waals surface area contributed by atoms with Crippen molar-refractivity contribution >= 4 is 27.2 Å². The summed E-state index contributed by atoms with van der Waals surface area (Å²) in [6.45, 7) is 4.06. The summed E-state index contributed by atoms with van der Waals surface area (Å²) >= 11 is 3.33. The molecule has 0 aromatic carbocycles. The van der Waals surface area contributed by atoms with Crippen molar-refractivity contribution in [1.82, 2.24) is 9.97 Å². The molecule has 0 saturated carbocycles. The zero-order valence-electron chi connectivity index (χ0n) is 8.57. The van der Waals surface area contributed by atoms with E-state index in [1.54, 1.807) is 6.20 Å². The van der Waals surface area contributed by atoms with E-state index >= 15 is 0 Å². The average Bonchev–Trinajstić information content (AvgIpc) is 2.58. The van der Waals surface area contributed by atoms with Gasteiger partial charge in [-0.25, -0.2) is 9.97 Å². The van der Waals surface area contributed by atoms with Gasteiger partial charge >= 0.3 is 0 Å². The van der Waals surface area contributed by atoms with E-state index in [-0.39, 0.29) is 6.04 Å². The number of oxazole rings is 1. The van der Waals surface area contributed by atoms with Crippen LogP contribution in [0.5, 0.6) is 0 Å². The monoisotopic (exact) mass is 269 g/mol. The highest BCUT2D eigenvalue weighted by Gasteiger charge is 2.17. The van der Waals surface area contributed by atoms with Crippen LogP contribution in [-0.2, 0) is 0 Å². The van der Waals surface area contributed by atoms with Gasteiger partial charge in [-0.15, -0.1) is 0 Å².